The Labute approximate surface area is 70.7 Å². The molecule has 3 heteroatoms. The number of thiazole rings is 1. The zero-order valence-corrected chi connectivity index (χ0v) is 7.23. The first-order chi connectivity index (χ1) is 5.45. The van der Waals surface area contributed by atoms with Gasteiger partial charge in [-0.2, -0.15) is 0 Å². The minimum absolute atomic E-state index is 0.718. The molecule has 0 spiro atoms. The largest absolute Gasteiger partial charge is 0.314 e. The van der Waals surface area contributed by atoms with E-state index in [-0.39, 0.29) is 0 Å². The van der Waals surface area contributed by atoms with Crippen molar-refractivity contribution in [3.05, 3.63) is 16.6 Å². The average molecular weight is 168 g/mol. The van der Waals surface area contributed by atoms with Gasteiger partial charge in [-0.25, -0.2) is 0 Å². The van der Waals surface area contributed by atoms with Gasteiger partial charge in [0.15, 0.2) is 0 Å². The second-order valence-electron chi connectivity index (χ2n) is 2.97. The first-order valence-corrected chi connectivity index (χ1v) is 4.94. The van der Waals surface area contributed by atoms with Crippen molar-refractivity contribution in [2.45, 2.75) is 25.3 Å². The van der Waals surface area contributed by atoms with Crippen LogP contribution in [0, 0.1) is 0 Å². The average Bonchev–Trinajstić information content (AvgIpc) is 2.60. The van der Waals surface area contributed by atoms with Crippen molar-refractivity contribution in [2.24, 2.45) is 0 Å². The fourth-order valence-corrected chi connectivity index (χ4v) is 2.19. The van der Waals surface area contributed by atoms with Crippen LogP contribution in [-0.4, -0.2) is 17.6 Å². The standard InChI is InChI=1S/C8H12N2S/c1-2-7(10-3-1)4-8-5-9-6-11-8/h5-7,10H,1-4H2/t7-/m1/s1. The van der Waals surface area contributed by atoms with Gasteiger partial charge in [0.1, 0.15) is 0 Å². The van der Waals surface area contributed by atoms with Crippen molar-refractivity contribution in [1.82, 2.24) is 10.3 Å². The number of nitrogens with zero attached hydrogens (tertiary/aromatic N) is 1. The van der Waals surface area contributed by atoms with Gasteiger partial charge in [-0.3, -0.25) is 4.98 Å². The molecule has 1 aliphatic rings. The van der Waals surface area contributed by atoms with Crippen molar-refractivity contribution in [1.29, 1.82) is 0 Å². The maximum Gasteiger partial charge on any atom is 0.0794 e. The van der Waals surface area contributed by atoms with E-state index in [1.165, 1.54) is 30.7 Å². The van der Waals surface area contributed by atoms with E-state index >= 15 is 0 Å². The molecule has 1 N–H and O–H groups in total. The van der Waals surface area contributed by atoms with Gasteiger partial charge in [0.2, 0.25) is 0 Å². The van der Waals surface area contributed by atoms with Crippen LogP contribution in [0.5, 0.6) is 0 Å². The second kappa shape index (κ2) is 3.32. The monoisotopic (exact) mass is 168 g/mol. The van der Waals surface area contributed by atoms with E-state index in [1.807, 2.05) is 11.7 Å². The number of rotatable bonds is 2. The van der Waals surface area contributed by atoms with Gasteiger partial charge in [0.25, 0.3) is 0 Å². The molecule has 1 saturated heterocycles. The Bertz CT molecular complexity index is 202. The molecule has 1 aromatic rings. The van der Waals surface area contributed by atoms with Gasteiger partial charge in [-0.05, 0) is 25.8 Å². The summed E-state index contributed by atoms with van der Waals surface area (Å²) >= 11 is 1.76. The van der Waals surface area contributed by atoms with E-state index in [0.29, 0.717) is 0 Å². The highest BCUT2D eigenvalue weighted by Crippen LogP contribution is 2.14. The minimum Gasteiger partial charge on any atom is -0.314 e. The molecule has 1 fully saturated rings. The number of nitrogens with one attached hydrogen (secondary N) is 1. The van der Waals surface area contributed by atoms with E-state index in [0.717, 1.165) is 6.04 Å². The Morgan fingerprint density at radius 1 is 1.73 bits per heavy atom. The summed E-state index contributed by atoms with van der Waals surface area (Å²) in [5, 5.41) is 3.47. The molecule has 11 heavy (non-hydrogen) atoms. The van der Waals surface area contributed by atoms with Crippen LogP contribution in [0.4, 0.5) is 0 Å². The van der Waals surface area contributed by atoms with Crippen molar-refractivity contribution in [2.75, 3.05) is 6.54 Å². The second-order valence-corrected chi connectivity index (χ2v) is 3.94. The SMILES string of the molecule is c1ncc(C[C@H]2CCCN2)s1. The molecule has 0 unspecified atom stereocenters. The summed E-state index contributed by atoms with van der Waals surface area (Å²) < 4.78 is 0. The zero-order valence-electron chi connectivity index (χ0n) is 6.42. The Hall–Kier alpha value is -0.410. The van der Waals surface area contributed by atoms with Crippen molar-refractivity contribution in [3.63, 3.8) is 0 Å². The Morgan fingerprint density at radius 3 is 3.36 bits per heavy atom. The first-order valence-electron chi connectivity index (χ1n) is 4.06. The topological polar surface area (TPSA) is 24.9 Å². The summed E-state index contributed by atoms with van der Waals surface area (Å²) in [5.41, 5.74) is 1.91. The molecule has 1 aliphatic heterocycles. The van der Waals surface area contributed by atoms with Crippen LogP contribution in [-0.2, 0) is 6.42 Å². The molecule has 0 saturated carbocycles. The maximum absolute atomic E-state index is 4.05. The predicted octanol–water partition coefficient (Wildman–Crippen LogP) is 1.44. The van der Waals surface area contributed by atoms with E-state index in [9.17, 15) is 0 Å². The van der Waals surface area contributed by atoms with Crippen molar-refractivity contribution < 1.29 is 0 Å². The molecule has 2 nitrogen and oxygen atoms in total. The van der Waals surface area contributed by atoms with E-state index < -0.39 is 0 Å². The van der Waals surface area contributed by atoms with Crippen LogP contribution in [0.3, 0.4) is 0 Å². The van der Waals surface area contributed by atoms with Crippen molar-refractivity contribution in [3.8, 4) is 0 Å². The summed E-state index contributed by atoms with van der Waals surface area (Å²) in [6.45, 7) is 1.20. The number of hydrogen-bond acceptors (Lipinski definition) is 3. The molecule has 0 bridgehead atoms. The van der Waals surface area contributed by atoms with E-state index in [4.69, 9.17) is 0 Å². The van der Waals surface area contributed by atoms with Crippen LogP contribution in [0.25, 0.3) is 0 Å². The molecule has 0 radical (unpaired) electrons. The highest BCUT2D eigenvalue weighted by molar-refractivity contribution is 7.09. The molecule has 1 atom stereocenters. The van der Waals surface area contributed by atoms with Gasteiger partial charge in [0, 0.05) is 17.1 Å². The molecule has 2 rings (SSSR count). The zero-order chi connectivity index (χ0) is 7.52. The van der Waals surface area contributed by atoms with Crippen molar-refractivity contribution >= 4 is 11.3 Å². The molecule has 1 aromatic heterocycles. The lowest BCUT2D eigenvalue weighted by molar-refractivity contribution is 0.607. The summed E-state index contributed by atoms with van der Waals surface area (Å²) in [6.07, 6.45) is 5.82. The third-order valence-electron chi connectivity index (χ3n) is 2.09. The van der Waals surface area contributed by atoms with Gasteiger partial charge in [-0.1, -0.05) is 0 Å². The van der Waals surface area contributed by atoms with Gasteiger partial charge in [0.05, 0.1) is 5.51 Å². The molecule has 60 valence electrons. The third-order valence-corrected chi connectivity index (χ3v) is 2.90. The Morgan fingerprint density at radius 2 is 2.73 bits per heavy atom. The summed E-state index contributed by atoms with van der Waals surface area (Å²) in [7, 11) is 0. The maximum atomic E-state index is 4.05. The highest BCUT2D eigenvalue weighted by atomic mass is 32.1. The molecule has 0 amide bonds. The minimum atomic E-state index is 0.718. The lowest BCUT2D eigenvalue weighted by Gasteiger charge is -2.06. The highest BCUT2D eigenvalue weighted by Gasteiger charge is 2.14. The first kappa shape index (κ1) is 7.25. The quantitative estimate of drug-likeness (QED) is 0.722. The molecular formula is C8H12N2S. The third kappa shape index (κ3) is 1.79. The van der Waals surface area contributed by atoms with Crippen LogP contribution < -0.4 is 5.32 Å². The molecule has 2 heterocycles. The Balaban J connectivity index is 1.90. The summed E-state index contributed by atoms with van der Waals surface area (Å²) in [5.74, 6) is 0. The fourth-order valence-electron chi connectivity index (χ4n) is 1.52. The fraction of sp³-hybridized carbons (Fsp3) is 0.625. The lowest BCUT2D eigenvalue weighted by Crippen LogP contribution is -2.23. The van der Waals surface area contributed by atoms with Crippen LogP contribution in [0.15, 0.2) is 11.7 Å². The van der Waals surface area contributed by atoms with Crippen LogP contribution >= 0.6 is 11.3 Å². The van der Waals surface area contributed by atoms with Gasteiger partial charge < -0.3 is 5.32 Å². The predicted molar refractivity (Wildman–Crippen MR) is 46.8 cm³/mol. The van der Waals surface area contributed by atoms with Gasteiger partial charge in [-0.15, -0.1) is 11.3 Å². The normalized spacial score (nSPS) is 24.2. The summed E-state index contributed by atoms with van der Waals surface area (Å²) in [4.78, 5) is 5.46. The van der Waals surface area contributed by atoms with Gasteiger partial charge >= 0.3 is 0 Å². The molecule has 0 aromatic carbocycles. The van der Waals surface area contributed by atoms with Crippen LogP contribution in [0.1, 0.15) is 17.7 Å². The smallest absolute Gasteiger partial charge is 0.0794 e. The molecule has 0 aliphatic carbocycles. The van der Waals surface area contributed by atoms with E-state index in [1.54, 1.807) is 11.3 Å². The number of aromatic nitrogens is 1. The van der Waals surface area contributed by atoms with Crippen LogP contribution in [0.2, 0.25) is 0 Å². The Kier molecular flexibility index (Phi) is 2.19. The number of hydrogen-bond donors (Lipinski definition) is 1. The lowest BCUT2D eigenvalue weighted by atomic mass is 10.1. The van der Waals surface area contributed by atoms with E-state index in [2.05, 4.69) is 10.3 Å². The molecular weight excluding hydrogens is 156 g/mol. The summed E-state index contributed by atoms with van der Waals surface area (Å²) in [6, 6.07) is 0.718.